The predicted molar refractivity (Wildman–Crippen MR) is 103 cm³/mol. The van der Waals surface area contributed by atoms with Crippen LogP contribution < -0.4 is 9.58 Å². The second-order valence-corrected chi connectivity index (χ2v) is 6.21. The maximum atomic E-state index is 13.2. The minimum absolute atomic E-state index is 0.103. The standard InChI is InChI=1S/C22H18N2O3/c1-27-20-14-8-6-12-18(20)22(25)21-17-11-5-7-13-19(17)23(24(21)26)15-16-9-3-2-4-10-16/h2-14H,15H2,1H3. The number of benzene rings is 3. The Morgan fingerprint density at radius 1 is 0.963 bits per heavy atom. The number of aromatic nitrogens is 2. The van der Waals surface area contributed by atoms with E-state index >= 15 is 0 Å². The molecule has 0 bridgehead atoms. The number of nitrogens with zero attached hydrogens (tertiary/aromatic N) is 2. The van der Waals surface area contributed by atoms with Crippen molar-refractivity contribution in [1.29, 1.82) is 0 Å². The Morgan fingerprint density at radius 3 is 2.41 bits per heavy atom. The summed E-state index contributed by atoms with van der Waals surface area (Å²) in [6.45, 7) is 0.379. The van der Waals surface area contributed by atoms with E-state index in [-0.39, 0.29) is 11.5 Å². The zero-order valence-corrected chi connectivity index (χ0v) is 14.8. The molecule has 3 aromatic carbocycles. The molecule has 1 aromatic heterocycles. The lowest BCUT2D eigenvalue weighted by atomic mass is 10.0. The zero-order valence-electron chi connectivity index (χ0n) is 14.8. The van der Waals surface area contributed by atoms with Crippen LogP contribution in [0.2, 0.25) is 0 Å². The SMILES string of the molecule is COc1ccccc1C(=O)c1c2ccccc2n(Cc2ccccc2)[n+]1[O-]. The van der Waals surface area contributed by atoms with Gasteiger partial charge in [0.15, 0.2) is 0 Å². The van der Waals surface area contributed by atoms with Gasteiger partial charge in [-0.15, -0.1) is 4.68 Å². The summed E-state index contributed by atoms with van der Waals surface area (Å²) >= 11 is 0. The molecule has 0 N–H and O–H groups in total. The van der Waals surface area contributed by atoms with Crippen molar-refractivity contribution in [2.75, 3.05) is 7.11 Å². The molecule has 4 aromatic rings. The highest BCUT2D eigenvalue weighted by Crippen LogP contribution is 2.25. The lowest BCUT2D eigenvalue weighted by Gasteiger charge is -2.07. The molecule has 0 aliphatic rings. The highest BCUT2D eigenvalue weighted by molar-refractivity contribution is 6.15. The number of hydrogen-bond donors (Lipinski definition) is 0. The Labute approximate surface area is 156 Å². The van der Waals surface area contributed by atoms with Crippen molar-refractivity contribution in [3.8, 4) is 5.75 Å². The van der Waals surface area contributed by atoms with Gasteiger partial charge in [0.05, 0.1) is 18.1 Å². The molecule has 0 aliphatic carbocycles. The van der Waals surface area contributed by atoms with Gasteiger partial charge in [-0.1, -0.05) is 59.4 Å². The molecule has 0 aliphatic heterocycles. The highest BCUT2D eigenvalue weighted by atomic mass is 16.5. The Balaban J connectivity index is 1.89. The quantitative estimate of drug-likeness (QED) is 0.311. The molecular weight excluding hydrogens is 340 g/mol. The summed E-state index contributed by atoms with van der Waals surface area (Å²) in [6, 6.07) is 24.0. The van der Waals surface area contributed by atoms with Crippen molar-refractivity contribution in [1.82, 2.24) is 4.68 Å². The topological polar surface area (TPSA) is 58.2 Å². The van der Waals surface area contributed by atoms with E-state index in [1.807, 2.05) is 48.5 Å². The van der Waals surface area contributed by atoms with Gasteiger partial charge >= 0.3 is 0 Å². The maximum Gasteiger partial charge on any atom is 0.299 e. The molecule has 0 radical (unpaired) electrons. The van der Waals surface area contributed by atoms with Gasteiger partial charge in [0.25, 0.3) is 11.5 Å². The highest BCUT2D eigenvalue weighted by Gasteiger charge is 2.30. The second kappa shape index (κ2) is 6.96. The summed E-state index contributed by atoms with van der Waals surface area (Å²) in [7, 11) is 1.51. The first-order chi connectivity index (χ1) is 13.2. The van der Waals surface area contributed by atoms with Gasteiger partial charge in [0.2, 0.25) is 0 Å². The fourth-order valence-corrected chi connectivity index (χ4v) is 3.30. The molecule has 27 heavy (non-hydrogen) atoms. The number of methoxy groups -OCH3 is 1. The fraction of sp³-hybridized carbons (Fsp3) is 0.0909. The molecular formula is C22H18N2O3. The van der Waals surface area contributed by atoms with E-state index in [1.165, 1.54) is 7.11 Å². The normalized spacial score (nSPS) is 10.9. The summed E-state index contributed by atoms with van der Waals surface area (Å²) < 4.78 is 6.88. The number of hydrogen-bond acceptors (Lipinski definition) is 3. The molecule has 1 heterocycles. The van der Waals surface area contributed by atoms with Crippen LogP contribution in [0.15, 0.2) is 78.9 Å². The first kappa shape index (κ1) is 16.8. The van der Waals surface area contributed by atoms with Crippen LogP contribution >= 0.6 is 0 Å². The lowest BCUT2D eigenvalue weighted by molar-refractivity contribution is -0.692. The van der Waals surface area contributed by atoms with Gasteiger partial charge in [-0.3, -0.25) is 4.79 Å². The third kappa shape index (κ3) is 2.93. The van der Waals surface area contributed by atoms with Crippen LogP contribution in [0.3, 0.4) is 0 Å². The van der Waals surface area contributed by atoms with Gasteiger partial charge in [-0.05, 0) is 29.8 Å². The molecule has 5 nitrogen and oxygen atoms in total. The zero-order chi connectivity index (χ0) is 18.8. The van der Waals surface area contributed by atoms with Crippen LogP contribution in [0.25, 0.3) is 10.9 Å². The summed E-state index contributed by atoms with van der Waals surface area (Å²) in [6.07, 6.45) is 0. The average molecular weight is 358 g/mol. The molecule has 0 unspecified atom stereocenters. The van der Waals surface area contributed by atoms with E-state index in [2.05, 4.69) is 0 Å². The van der Waals surface area contributed by atoms with Gasteiger partial charge < -0.3 is 9.94 Å². The Hall–Kier alpha value is -3.60. The third-order valence-electron chi connectivity index (χ3n) is 4.59. The molecule has 0 saturated heterocycles. The van der Waals surface area contributed by atoms with Gasteiger partial charge in [-0.25, -0.2) is 0 Å². The monoisotopic (exact) mass is 358 g/mol. The Kier molecular flexibility index (Phi) is 4.34. The van der Waals surface area contributed by atoms with Crippen molar-refractivity contribution in [3.05, 3.63) is 101 Å². The largest absolute Gasteiger partial charge is 0.595 e. The maximum absolute atomic E-state index is 13.2. The molecule has 0 amide bonds. The molecule has 0 fully saturated rings. The number of fused-ring (bicyclic) bond motifs is 1. The summed E-state index contributed by atoms with van der Waals surface area (Å²) in [5.41, 5.74) is 2.17. The van der Waals surface area contributed by atoms with Crippen molar-refractivity contribution in [2.24, 2.45) is 0 Å². The van der Waals surface area contributed by atoms with Crippen LogP contribution in [0.1, 0.15) is 21.6 Å². The van der Waals surface area contributed by atoms with Crippen LogP contribution in [0.5, 0.6) is 5.75 Å². The number of ether oxygens (including phenoxy) is 1. The van der Waals surface area contributed by atoms with Gasteiger partial charge in [0.1, 0.15) is 17.8 Å². The van der Waals surface area contributed by atoms with Crippen molar-refractivity contribution in [2.45, 2.75) is 6.54 Å². The van der Waals surface area contributed by atoms with Crippen molar-refractivity contribution in [3.63, 3.8) is 0 Å². The van der Waals surface area contributed by atoms with Gasteiger partial charge in [0, 0.05) is 0 Å². The minimum atomic E-state index is -0.356. The van der Waals surface area contributed by atoms with Crippen molar-refractivity contribution >= 4 is 16.7 Å². The van der Waals surface area contributed by atoms with Crippen LogP contribution in [-0.4, -0.2) is 17.6 Å². The van der Waals surface area contributed by atoms with Crippen molar-refractivity contribution < 1.29 is 14.4 Å². The Bertz CT molecular complexity index is 1120. The average Bonchev–Trinajstić information content (AvgIpc) is 3.00. The second-order valence-electron chi connectivity index (χ2n) is 6.21. The van der Waals surface area contributed by atoms with E-state index < -0.39 is 0 Å². The predicted octanol–water partition coefficient (Wildman–Crippen LogP) is 3.56. The first-order valence-corrected chi connectivity index (χ1v) is 8.63. The Morgan fingerprint density at radius 2 is 1.63 bits per heavy atom. The van der Waals surface area contributed by atoms with E-state index in [1.54, 1.807) is 35.0 Å². The fourth-order valence-electron chi connectivity index (χ4n) is 3.30. The third-order valence-corrected chi connectivity index (χ3v) is 4.59. The summed E-state index contributed by atoms with van der Waals surface area (Å²) in [5.74, 6) is 0.0906. The first-order valence-electron chi connectivity index (χ1n) is 8.63. The number of para-hydroxylation sites is 2. The van der Waals surface area contributed by atoms with E-state index in [0.29, 0.717) is 28.1 Å². The molecule has 134 valence electrons. The molecule has 5 heteroatoms. The summed E-state index contributed by atoms with van der Waals surface area (Å²) in [4.78, 5) is 13.9. The minimum Gasteiger partial charge on any atom is -0.595 e. The van der Waals surface area contributed by atoms with Gasteiger partial charge in [-0.2, -0.15) is 0 Å². The lowest BCUT2D eigenvalue weighted by Crippen LogP contribution is -2.42. The number of carbonyl (C=O) groups excluding carboxylic acids is 1. The number of rotatable bonds is 5. The smallest absolute Gasteiger partial charge is 0.299 e. The summed E-state index contributed by atoms with van der Waals surface area (Å²) in [5, 5.41) is 13.7. The molecule has 0 atom stereocenters. The van der Waals surface area contributed by atoms with E-state index in [9.17, 15) is 10.0 Å². The van der Waals surface area contributed by atoms with E-state index in [0.717, 1.165) is 11.1 Å². The number of ketones is 1. The van der Waals surface area contributed by atoms with E-state index in [4.69, 9.17) is 4.74 Å². The van der Waals surface area contributed by atoms with Crippen LogP contribution in [0, 0.1) is 5.21 Å². The van der Waals surface area contributed by atoms with Crippen LogP contribution in [-0.2, 0) is 6.54 Å². The molecule has 0 spiro atoms. The molecule has 4 rings (SSSR count). The molecule has 0 saturated carbocycles. The van der Waals surface area contributed by atoms with Crippen LogP contribution in [0.4, 0.5) is 0 Å². The number of carbonyl (C=O) groups is 1.